The topological polar surface area (TPSA) is 155 Å². The van der Waals surface area contributed by atoms with Crippen molar-refractivity contribution in [2.75, 3.05) is 26.4 Å². The molecule has 0 fully saturated rings. The van der Waals surface area contributed by atoms with Gasteiger partial charge in [0.25, 0.3) is 0 Å². The minimum absolute atomic E-state index is 0.0859. The average Bonchev–Trinajstić information content (AvgIpc) is 3.41. The van der Waals surface area contributed by atoms with Gasteiger partial charge in [0, 0.05) is 19.3 Å². The number of phosphoric ester groups is 1. The van der Waals surface area contributed by atoms with Crippen LogP contribution in [0, 0.1) is 0 Å². The van der Waals surface area contributed by atoms with E-state index in [0.717, 1.165) is 96.3 Å². The predicted octanol–water partition coefficient (Wildman–Crippen LogP) is 18.3. The molecule has 0 aromatic heterocycles. The van der Waals surface area contributed by atoms with Crippen LogP contribution in [-0.4, -0.2) is 66.5 Å². The minimum atomic E-state index is -4.77. The first-order valence-corrected chi connectivity index (χ1v) is 32.0. The highest BCUT2D eigenvalue weighted by Gasteiger charge is 2.28. The first-order valence-electron chi connectivity index (χ1n) is 30.5. The van der Waals surface area contributed by atoms with E-state index in [2.05, 4.69) is 93.7 Å². The van der Waals surface area contributed by atoms with Gasteiger partial charge in [-0.3, -0.25) is 23.4 Å². The molecule has 11 nitrogen and oxygen atoms in total. The Labute approximate surface area is 464 Å². The van der Waals surface area contributed by atoms with Crippen molar-refractivity contribution in [2.45, 2.75) is 277 Å². The average molecular weight is 1090 g/mol. The van der Waals surface area contributed by atoms with Crippen molar-refractivity contribution in [1.82, 2.24) is 0 Å². The van der Waals surface area contributed by atoms with Gasteiger partial charge in [-0.05, 0) is 109 Å². The largest absolute Gasteiger partial charge is 0.472 e. The van der Waals surface area contributed by atoms with Gasteiger partial charge in [0.1, 0.15) is 12.7 Å². The number of ether oxygens (including phenoxy) is 3. The van der Waals surface area contributed by atoms with Crippen molar-refractivity contribution < 1.29 is 52.2 Å². The number of phosphoric acid groups is 1. The molecule has 0 heterocycles. The summed E-state index contributed by atoms with van der Waals surface area (Å²) < 4.78 is 39.5. The van der Waals surface area contributed by atoms with Crippen molar-refractivity contribution in [1.29, 1.82) is 0 Å². The molecule has 0 aliphatic carbocycles. The molecule has 3 unspecified atom stereocenters. The van der Waals surface area contributed by atoms with Crippen molar-refractivity contribution in [3.8, 4) is 0 Å². The van der Waals surface area contributed by atoms with Gasteiger partial charge in [-0.15, -0.1) is 0 Å². The quantitative estimate of drug-likeness (QED) is 0.0197. The molecule has 2 N–H and O–H groups in total. The zero-order chi connectivity index (χ0) is 55.5. The van der Waals surface area contributed by atoms with Gasteiger partial charge in [0.15, 0.2) is 6.10 Å². The van der Waals surface area contributed by atoms with Crippen molar-refractivity contribution in [3.05, 3.63) is 85.1 Å². The summed E-state index contributed by atoms with van der Waals surface area (Å²) in [5.74, 6) is -1.55. The van der Waals surface area contributed by atoms with E-state index in [9.17, 15) is 28.9 Å². The van der Waals surface area contributed by atoms with E-state index < -0.39 is 57.8 Å². The van der Waals surface area contributed by atoms with E-state index in [1.807, 2.05) is 12.2 Å². The third-order valence-corrected chi connectivity index (χ3v) is 13.7. The fourth-order valence-electron chi connectivity index (χ4n) is 8.15. The van der Waals surface area contributed by atoms with Crippen molar-refractivity contribution in [2.24, 2.45) is 0 Å². The maximum Gasteiger partial charge on any atom is 0.472 e. The van der Waals surface area contributed by atoms with Gasteiger partial charge in [-0.2, -0.15) is 0 Å². The number of hydrogen-bond donors (Lipinski definition) is 2. The molecule has 76 heavy (non-hydrogen) atoms. The molecule has 0 saturated heterocycles. The van der Waals surface area contributed by atoms with Crippen LogP contribution in [0.15, 0.2) is 85.1 Å². The van der Waals surface area contributed by atoms with Crippen LogP contribution in [-0.2, 0) is 42.2 Å². The lowest BCUT2D eigenvalue weighted by Crippen LogP contribution is -2.30. The van der Waals surface area contributed by atoms with E-state index >= 15 is 0 Å². The number of aliphatic hydroxyl groups is 1. The second-order valence-electron chi connectivity index (χ2n) is 20.1. The molecule has 0 aromatic rings. The Morgan fingerprint density at radius 3 is 1.12 bits per heavy atom. The third-order valence-electron chi connectivity index (χ3n) is 12.8. The van der Waals surface area contributed by atoms with E-state index in [1.165, 1.54) is 103 Å². The Kier molecular flexibility index (Phi) is 55.3. The number of unbranched alkanes of at least 4 members (excludes halogenated alkanes) is 25. The van der Waals surface area contributed by atoms with Crippen LogP contribution >= 0.6 is 7.82 Å². The Hall–Kier alpha value is -3.34. The Morgan fingerprint density at radius 2 is 0.697 bits per heavy atom. The van der Waals surface area contributed by atoms with E-state index in [1.54, 1.807) is 0 Å². The molecule has 0 aromatic carbocycles. The molecule has 0 saturated carbocycles. The minimum Gasteiger partial charge on any atom is -0.462 e. The van der Waals surface area contributed by atoms with Crippen LogP contribution in [0.5, 0.6) is 0 Å². The molecule has 12 heteroatoms. The predicted molar refractivity (Wildman–Crippen MR) is 316 cm³/mol. The van der Waals surface area contributed by atoms with Gasteiger partial charge in [-0.1, -0.05) is 221 Å². The summed E-state index contributed by atoms with van der Waals surface area (Å²) in [6, 6.07) is 0. The van der Waals surface area contributed by atoms with Gasteiger partial charge in [0.05, 0.1) is 19.8 Å². The van der Waals surface area contributed by atoms with E-state index in [-0.39, 0.29) is 25.9 Å². The normalized spacial score (nSPS) is 13.9. The standard InChI is InChI=1S/C64H111O11P/c1-4-7-10-13-16-19-22-25-28-30-33-35-38-41-44-47-50-53-62(66)71-57-61(75-64(68)55-52-49-46-43-40-37-34-31-29-26-23-20-17-14-11-8-5-2)59-73-76(69,70)72-58-60(56-65)74-63(67)54-51-48-45-42-39-36-32-27-24-21-18-15-12-9-6-3/h8,11,17,20,25-29,32,34,37,43,46,60-61,65H,4-7,9-10,12-16,18-19,21-24,30-31,33,35-36,38-42,44-45,47-59H2,1-3H3,(H,69,70)/b11-8-,20-17-,28-25-,29-26-,32-27-,37-34-,46-43-. The van der Waals surface area contributed by atoms with Gasteiger partial charge in [0.2, 0.25) is 0 Å². The number of carbonyl (C=O) groups excluding carboxylic acids is 3. The lowest BCUT2D eigenvalue weighted by atomic mass is 10.1. The van der Waals surface area contributed by atoms with Crippen molar-refractivity contribution >= 4 is 25.7 Å². The summed E-state index contributed by atoms with van der Waals surface area (Å²) in [6.45, 7) is 4.46. The molecule has 0 radical (unpaired) electrons. The summed E-state index contributed by atoms with van der Waals surface area (Å²) in [5, 5.41) is 9.83. The number of hydrogen-bond acceptors (Lipinski definition) is 10. The molecule has 0 aliphatic heterocycles. The molecule has 438 valence electrons. The number of aliphatic hydroxyl groups excluding tert-OH is 1. The third kappa shape index (κ3) is 55.4. The van der Waals surface area contributed by atoms with Crippen LogP contribution in [0.4, 0.5) is 0 Å². The molecular formula is C64H111O11P. The van der Waals surface area contributed by atoms with Crippen LogP contribution in [0.2, 0.25) is 0 Å². The maximum atomic E-state index is 12.9. The zero-order valence-corrected chi connectivity index (χ0v) is 49.3. The number of rotatable bonds is 56. The van der Waals surface area contributed by atoms with Crippen LogP contribution in [0.3, 0.4) is 0 Å². The van der Waals surface area contributed by atoms with E-state index in [0.29, 0.717) is 25.7 Å². The van der Waals surface area contributed by atoms with Crippen LogP contribution < -0.4 is 0 Å². The molecular weight excluding hydrogens is 976 g/mol. The summed E-state index contributed by atoms with van der Waals surface area (Å²) >= 11 is 0. The smallest absolute Gasteiger partial charge is 0.462 e. The van der Waals surface area contributed by atoms with E-state index in [4.69, 9.17) is 23.3 Å². The maximum absolute atomic E-state index is 12.9. The molecule has 0 bridgehead atoms. The molecule has 0 rings (SSSR count). The zero-order valence-electron chi connectivity index (χ0n) is 48.5. The highest BCUT2D eigenvalue weighted by molar-refractivity contribution is 7.47. The van der Waals surface area contributed by atoms with Crippen LogP contribution in [0.25, 0.3) is 0 Å². The summed E-state index contributed by atoms with van der Waals surface area (Å²) in [5.41, 5.74) is 0. The summed E-state index contributed by atoms with van der Waals surface area (Å²) in [7, 11) is -4.77. The lowest BCUT2D eigenvalue weighted by Gasteiger charge is -2.21. The second-order valence-corrected chi connectivity index (χ2v) is 21.6. The SMILES string of the molecule is CC/C=C\C/C=C\C/C=C\C/C=C\C/C=C\CCCC(=O)OC(COC(=O)CCCCCCCCC/C=C\CCCCCCCC)COP(=O)(O)OCC(CO)OC(=O)CCCCCCC/C=C\CCCCCCCC. The first-order chi connectivity index (χ1) is 37.2. The molecule has 3 atom stereocenters. The van der Waals surface area contributed by atoms with Gasteiger partial charge >= 0.3 is 25.7 Å². The Bertz CT molecular complexity index is 1600. The molecule has 0 aliphatic rings. The molecule has 0 amide bonds. The van der Waals surface area contributed by atoms with Crippen LogP contribution in [0.1, 0.15) is 265 Å². The fourth-order valence-corrected chi connectivity index (χ4v) is 8.93. The number of carbonyl (C=O) groups is 3. The first kappa shape index (κ1) is 72.7. The highest BCUT2D eigenvalue weighted by Crippen LogP contribution is 2.43. The Balaban J connectivity index is 4.80. The van der Waals surface area contributed by atoms with Gasteiger partial charge in [-0.25, -0.2) is 4.57 Å². The highest BCUT2D eigenvalue weighted by atomic mass is 31.2. The van der Waals surface area contributed by atoms with Crippen molar-refractivity contribution in [3.63, 3.8) is 0 Å². The summed E-state index contributed by atoms with van der Waals surface area (Å²) in [6.07, 6.45) is 66.9. The number of esters is 3. The monoisotopic (exact) mass is 1090 g/mol. The fraction of sp³-hybridized carbons (Fsp3) is 0.734. The molecule has 0 spiro atoms. The Morgan fingerprint density at radius 1 is 0.382 bits per heavy atom. The lowest BCUT2D eigenvalue weighted by molar-refractivity contribution is -0.161. The second kappa shape index (κ2) is 57.8. The van der Waals surface area contributed by atoms with Gasteiger partial charge < -0.3 is 24.2 Å². The summed E-state index contributed by atoms with van der Waals surface area (Å²) in [4.78, 5) is 48.6. The number of allylic oxidation sites excluding steroid dienone is 14.